The number of benzene rings is 2. The lowest BCUT2D eigenvalue weighted by Gasteiger charge is -2.38. The van der Waals surface area contributed by atoms with Crippen LogP contribution in [0.25, 0.3) is 22.6 Å². The summed E-state index contributed by atoms with van der Waals surface area (Å²) in [5.41, 5.74) is 3.09. The fraction of sp³-hybridized carbons (Fsp3) is 0.393. The number of furan rings is 1. The van der Waals surface area contributed by atoms with Gasteiger partial charge in [-0.15, -0.1) is 0 Å². The van der Waals surface area contributed by atoms with Gasteiger partial charge in [0, 0.05) is 37.0 Å². The van der Waals surface area contributed by atoms with Crippen molar-refractivity contribution in [3.63, 3.8) is 0 Å². The molecule has 1 saturated heterocycles. The first kappa shape index (κ1) is 22.0. The number of anilines is 1. The van der Waals surface area contributed by atoms with Crippen LogP contribution in [0.5, 0.6) is 0 Å². The molecule has 4 aromatic rings. The molecule has 0 N–H and O–H groups in total. The number of hydrogen-bond acceptors (Lipinski definition) is 6. The number of likely N-dealkylation sites (tertiary alicyclic amines) is 1. The molecule has 2 aliphatic rings. The van der Waals surface area contributed by atoms with Crippen molar-refractivity contribution in [1.82, 2.24) is 15.0 Å². The van der Waals surface area contributed by atoms with Crippen LogP contribution < -0.4 is 4.90 Å². The monoisotopic (exact) mass is 470 g/mol. The molecule has 1 unspecified atom stereocenters. The van der Waals surface area contributed by atoms with Gasteiger partial charge in [-0.2, -0.15) is 4.98 Å². The van der Waals surface area contributed by atoms with E-state index in [0.29, 0.717) is 36.2 Å². The molecule has 1 amide bonds. The zero-order valence-corrected chi connectivity index (χ0v) is 19.9. The Bertz CT molecular complexity index is 1290. The van der Waals surface area contributed by atoms with E-state index in [1.165, 1.54) is 37.9 Å². The number of carbonyl (C=O) groups is 1. The number of aryl methyl sites for hydroxylation is 1. The highest BCUT2D eigenvalue weighted by atomic mass is 16.5. The Morgan fingerprint density at radius 3 is 2.74 bits per heavy atom. The van der Waals surface area contributed by atoms with Gasteiger partial charge in [-0.1, -0.05) is 48.0 Å². The number of piperidine rings is 1. The maximum atomic E-state index is 13.4. The van der Waals surface area contributed by atoms with E-state index in [4.69, 9.17) is 8.94 Å². The van der Waals surface area contributed by atoms with Crippen molar-refractivity contribution in [2.24, 2.45) is 5.92 Å². The molecule has 35 heavy (non-hydrogen) atoms. The number of rotatable bonds is 6. The summed E-state index contributed by atoms with van der Waals surface area (Å²) in [6.45, 7) is 4.18. The van der Waals surface area contributed by atoms with E-state index in [1.54, 1.807) is 0 Å². The number of aromatic nitrogens is 2. The summed E-state index contributed by atoms with van der Waals surface area (Å²) in [7, 11) is 0. The molecule has 2 aliphatic heterocycles. The van der Waals surface area contributed by atoms with Crippen molar-refractivity contribution in [1.29, 1.82) is 0 Å². The van der Waals surface area contributed by atoms with Crippen molar-refractivity contribution in [2.75, 3.05) is 31.1 Å². The standard InChI is InChI=1S/C28H30N4O3/c33-27(13-12-26-29-28(30-35-26)25-17-22-9-3-5-11-24(22)34-25)32-19-20(18-31-14-6-1-7-15-31)16-21-8-2-4-10-23(21)32/h2-5,8-11,17,20H,1,6-7,12-16,18-19H2. The minimum Gasteiger partial charge on any atom is -0.453 e. The molecule has 7 nitrogen and oxygen atoms in total. The third-order valence-electron chi connectivity index (χ3n) is 7.16. The average Bonchev–Trinajstić information content (AvgIpc) is 3.54. The zero-order chi connectivity index (χ0) is 23.6. The van der Waals surface area contributed by atoms with E-state index < -0.39 is 0 Å². The quantitative estimate of drug-likeness (QED) is 0.390. The topological polar surface area (TPSA) is 75.6 Å². The first-order chi connectivity index (χ1) is 17.2. The van der Waals surface area contributed by atoms with Crippen molar-refractivity contribution >= 4 is 22.6 Å². The molecular formula is C28H30N4O3. The maximum Gasteiger partial charge on any atom is 0.238 e. The van der Waals surface area contributed by atoms with Crippen molar-refractivity contribution in [3.8, 4) is 11.6 Å². The first-order valence-electron chi connectivity index (χ1n) is 12.6. The summed E-state index contributed by atoms with van der Waals surface area (Å²) in [6, 6.07) is 18.0. The molecular weight excluding hydrogens is 440 g/mol. The van der Waals surface area contributed by atoms with Crippen LogP contribution in [0.1, 0.15) is 37.1 Å². The summed E-state index contributed by atoms with van der Waals surface area (Å²) < 4.78 is 11.3. The van der Waals surface area contributed by atoms with Gasteiger partial charge in [-0.05, 0) is 62.0 Å². The van der Waals surface area contributed by atoms with Crippen LogP contribution in [0.3, 0.4) is 0 Å². The van der Waals surface area contributed by atoms with Crippen LogP contribution in [-0.2, 0) is 17.6 Å². The van der Waals surface area contributed by atoms with Gasteiger partial charge in [-0.3, -0.25) is 4.79 Å². The lowest BCUT2D eigenvalue weighted by Crippen LogP contribution is -2.45. The van der Waals surface area contributed by atoms with Crippen LogP contribution in [0.2, 0.25) is 0 Å². The van der Waals surface area contributed by atoms with Gasteiger partial charge < -0.3 is 18.7 Å². The van der Waals surface area contributed by atoms with E-state index in [0.717, 1.165) is 36.2 Å². The van der Waals surface area contributed by atoms with Crippen molar-refractivity contribution in [3.05, 3.63) is 66.1 Å². The number of carbonyl (C=O) groups excluding carboxylic acids is 1. The second-order valence-electron chi connectivity index (χ2n) is 9.72. The smallest absolute Gasteiger partial charge is 0.238 e. The number of fused-ring (bicyclic) bond motifs is 2. The number of hydrogen-bond donors (Lipinski definition) is 0. The summed E-state index contributed by atoms with van der Waals surface area (Å²) in [6.07, 6.45) is 5.66. The fourth-order valence-corrected chi connectivity index (χ4v) is 5.44. The predicted octanol–water partition coefficient (Wildman–Crippen LogP) is 5.11. The molecule has 0 radical (unpaired) electrons. The molecule has 1 atom stereocenters. The molecule has 180 valence electrons. The lowest BCUT2D eigenvalue weighted by atomic mass is 9.91. The highest BCUT2D eigenvalue weighted by Gasteiger charge is 2.30. The summed E-state index contributed by atoms with van der Waals surface area (Å²) in [5.74, 6) is 1.98. The van der Waals surface area contributed by atoms with Crippen molar-refractivity contribution < 1.29 is 13.7 Å². The molecule has 0 aliphatic carbocycles. The molecule has 2 aromatic carbocycles. The molecule has 0 spiro atoms. The Hall–Kier alpha value is -3.45. The van der Waals surface area contributed by atoms with E-state index >= 15 is 0 Å². The Kier molecular flexibility index (Phi) is 6.08. The molecule has 0 saturated carbocycles. The number of para-hydroxylation sites is 2. The largest absolute Gasteiger partial charge is 0.453 e. The van der Waals surface area contributed by atoms with Gasteiger partial charge >= 0.3 is 0 Å². The normalized spacial score (nSPS) is 18.6. The van der Waals surface area contributed by atoms with Crippen LogP contribution in [0, 0.1) is 5.92 Å². The lowest BCUT2D eigenvalue weighted by molar-refractivity contribution is -0.119. The van der Waals surface area contributed by atoms with Crippen molar-refractivity contribution in [2.45, 2.75) is 38.5 Å². The molecule has 4 heterocycles. The van der Waals surface area contributed by atoms with Gasteiger partial charge in [0.05, 0.1) is 0 Å². The Morgan fingerprint density at radius 2 is 1.86 bits per heavy atom. The Labute approximate surface area is 204 Å². The van der Waals surface area contributed by atoms with E-state index in [2.05, 4.69) is 33.2 Å². The van der Waals surface area contributed by atoms with Gasteiger partial charge in [-0.25, -0.2) is 0 Å². The third kappa shape index (κ3) is 4.73. The average molecular weight is 471 g/mol. The minimum atomic E-state index is 0.101. The van der Waals surface area contributed by atoms with Gasteiger partial charge in [0.1, 0.15) is 5.58 Å². The second kappa shape index (κ2) is 9.66. The molecule has 7 heteroatoms. The summed E-state index contributed by atoms with van der Waals surface area (Å²) >= 11 is 0. The molecule has 2 aromatic heterocycles. The minimum absolute atomic E-state index is 0.101. The molecule has 0 bridgehead atoms. The highest BCUT2D eigenvalue weighted by Crippen LogP contribution is 2.31. The van der Waals surface area contributed by atoms with E-state index in [-0.39, 0.29) is 5.91 Å². The van der Waals surface area contributed by atoms with Gasteiger partial charge in [0.2, 0.25) is 17.6 Å². The maximum absolute atomic E-state index is 13.4. The Balaban J connectivity index is 1.13. The van der Waals surface area contributed by atoms with Crippen LogP contribution in [0.4, 0.5) is 5.69 Å². The molecule has 6 rings (SSSR count). The second-order valence-corrected chi connectivity index (χ2v) is 9.72. The Morgan fingerprint density at radius 1 is 1.03 bits per heavy atom. The van der Waals surface area contributed by atoms with E-state index in [1.807, 2.05) is 41.3 Å². The SMILES string of the molecule is O=C(CCc1nc(-c2cc3ccccc3o2)no1)N1CC(CN2CCCCC2)Cc2ccccc21. The van der Waals surface area contributed by atoms with Crippen LogP contribution in [0.15, 0.2) is 63.5 Å². The van der Waals surface area contributed by atoms with Crippen LogP contribution >= 0.6 is 0 Å². The molecule has 1 fully saturated rings. The highest BCUT2D eigenvalue weighted by molar-refractivity contribution is 5.94. The van der Waals surface area contributed by atoms with Gasteiger partial charge in [0.15, 0.2) is 5.76 Å². The first-order valence-corrected chi connectivity index (χ1v) is 12.6. The zero-order valence-electron chi connectivity index (χ0n) is 19.9. The third-order valence-corrected chi connectivity index (χ3v) is 7.16. The van der Waals surface area contributed by atoms with Crippen LogP contribution in [-0.4, -0.2) is 47.1 Å². The fourth-order valence-electron chi connectivity index (χ4n) is 5.44. The number of nitrogens with zero attached hydrogens (tertiary/aromatic N) is 4. The summed E-state index contributed by atoms with van der Waals surface area (Å²) in [5, 5.41) is 5.07. The van der Waals surface area contributed by atoms with Gasteiger partial charge in [0.25, 0.3) is 0 Å². The number of amides is 1. The van der Waals surface area contributed by atoms with E-state index in [9.17, 15) is 4.79 Å². The summed E-state index contributed by atoms with van der Waals surface area (Å²) in [4.78, 5) is 22.4. The predicted molar refractivity (Wildman–Crippen MR) is 134 cm³/mol.